The highest BCUT2D eigenvalue weighted by Crippen LogP contribution is 2.42. The molecule has 106 valence electrons. The largest absolute Gasteiger partial charge is 0.504 e. The number of benzene rings is 1. The van der Waals surface area contributed by atoms with Crippen molar-refractivity contribution < 1.29 is 14.7 Å². The summed E-state index contributed by atoms with van der Waals surface area (Å²) in [5.41, 5.74) is 6.53. The molecule has 1 aliphatic rings. The fourth-order valence-corrected chi connectivity index (χ4v) is 2.56. The first-order valence-electron chi connectivity index (χ1n) is 6.67. The first-order valence-corrected chi connectivity index (χ1v) is 6.67. The minimum absolute atomic E-state index is 0.112. The summed E-state index contributed by atoms with van der Waals surface area (Å²) in [6.07, 6.45) is 4.09. The fourth-order valence-electron chi connectivity index (χ4n) is 2.56. The van der Waals surface area contributed by atoms with E-state index in [2.05, 4.69) is 10.1 Å². The van der Waals surface area contributed by atoms with Gasteiger partial charge in [0.2, 0.25) is 11.7 Å². The molecule has 2 aromatic rings. The Morgan fingerprint density at radius 2 is 2.05 bits per heavy atom. The van der Waals surface area contributed by atoms with Gasteiger partial charge in [-0.15, -0.1) is 0 Å². The number of hydrogen-bond acceptors (Lipinski definition) is 6. The van der Waals surface area contributed by atoms with E-state index in [0.29, 0.717) is 30.2 Å². The summed E-state index contributed by atoms with van der Waals surface area (Å²) < 4.78 is 5.26. The van der Waals surface area contributed by atoms with Crippen molar-refractivity contribution in [1.82, 2.24) is 10.1 Å². The van der Waals surface area contributed by atoms with Crippen LogP contribution in [0.25, 0.3) is 11.4 Å². The van der Waals surface area contributed by atoms with E-state index in [1.165, 1.54) is 18.6 Å². The lowest BCUT2D eigenvalue weighted by molar-refractivity contribution is 0.129. The first-order chi connectivity index (χ1) is 9.62. The molecule has 1 fully saturated rings. The zero-order valence-electron chi connectivity index (χ0n) is 11.0. The summed E-state index contributed by atoms with van der Waals surface area (Å²) in [6.45, 7) is 0.630. The molecule has 20 heavy (non-hydrogen) atoms. The van der Waals surface area contributed by atoms with Gasteiger partial charge in [0, 0.05) is 12.0 Å². The average molecular weight is 275 g/mol. The molecular formula is C14H17N3O3. The van der Waals surface area contributed by atoms with E-state index in [1.54, 1.807) is 6.07 Å². The topological polar surface area (TPSA) is 105 Å². The van der Waals surface area contributed by atoms with Gasteiger partial charge in [-0.05, 0) is 43.0 Å². The van der Waals surface area contributed by atoms with Gasteiger partial charge in [0.15, 0.2) is 11.5 Å². The van der Waals surface area contributed by atoms with E-state index in [9.17, 15) is 10.2 Å². The molecule has 0 saturated heterocycles. The number of phenolic OH excluding ortho intramolecular Hbond substituents is 2. The van der Waals surface area contributed by atoms with Gasteiger partial charge in [0.1, 0.15) is 0 Å². The number of nitrogens with two attached hydrogens (primary N) is 1. The molecule has 0 amide bonds. The van der Waals surface area contributed by atoms with E-state index in [1.807, 2.05) is 0 Å². The SMILES string of the molecule is NCC1(Cc2nc(-c3ccc(O)c(O)c3)no2)CCC1. The molecule has 6 nitrogen and oxygen atoms in total. The van der Waals surface area contributed by atoms with Crippen LogP contribution in [0.3, 0.4) is 0 Å². The Kier molecular flexibility index (Phi) is 3.10. The Balaban J connectivity index is 1.81. The van der Waals surface area contributed by atoms with E-state index < -0.39 is 0 Å². The number of phenols is 2. The fraction of sp³-hybridized carbons (Fsp3) is 0.429. The first kappa shape index (κ1) is 12.9. The highest BCUT2D eigenvalue weighted by atomic mass is 16.5. The molecule has 0 atom stereocenters. The monoisotopic (exact) mass is 275 g/mol. The highest BCUT2D eigenvalue weighted by molar-refractivity contribution is 5.59. The van der Waals surface area contributed by atoms with Gasteiger partial charge in [-0.2, -0.15) is 4.98 Å². The van der Waals surface area contributed by atoms with Crippen LogP contribution in [0, 0.1) is 5.41 Å². The molecule has 1 saturated carbocycles. The Bertz CT molecular complexity index is 614. The number of hydrogen-bond donors (Lipinski definition) is 3. The van der Waals surface area contributed by atoms with Gasteiger partial charge in [-0.25, -0.2) is 0 Å². The van der Waals surface area contributed by atoms with Gasteiger partial charge in [-0.3, -0.25) is 0 Å². The number of aromatic nitrogens is 2. The summed E-state index contributed by atoms with van der Waals surface area (Å²) in [4.78, 5) is 4.34. The average Bonchev–Trinajstić information content (AvgIpc) is 2.85. The molecule has 1 aromatic heterocycles. The van der Waals surface area contributed by atoms with Crippen LogP contribution in [0.4, 0.5) is 0 Å². The second kappa shape index (κ2) is 4.79. The van der Waals surface area contributed by atoms with Crippen molar-refractivity contribution in [3.63, 3.8) is 0 Å². The molecule has 4 N–H and O–H groups in total. The number of rotatable bonds is 4. The quantitative estimate of drug-likeness (QED) is 0.735. The third-order valence-electron chi connectivity index (χ3n) is 4.08. The minimum Gasteiger partial charge on any atom is -0.504 e. The molecular weight excluding hydrogens is 258 g/mol. The summed E-state index contributed by atoms with van der Waals surface area (Å²) in [6, 6.07) is 4.44. The van der Waals surface area contributed by atoms with Crippen molar-refractivity contribution in [2.75, 3.05) is 6.54 Å². The van der Waals surface area contributed by atoms with Crippen molar-refractivity contribution in [3.05, 3.63) is 24.1 Å². The van der Waals surface area contributed by atoms with Crippen LogP contribution >= 0.6 is 0 Å². The molecule has 0 radical (unpaired) electrons. The lowest BCUT2D eigenvalue weighted by atomic mass is 9.67. The standard InChI is InChI=1S/C14H17N3O3/c15-8-14(4-1-5-14)7-12-16-13(17-20-12)9-2-3-10(18)11(19)6-9/h2-3,6,18-19H,1,4-5,7-8,15H2. The molecule has 0 unspecified atom stereocenters. The van der Waals surface area contributed by atoms with Gasteiger partial charge in [-0.1, -0.05) is 11.6 Å². The van der Waals surface area contributed by atoms with Crippen LogP contribution in [0.1, 0.15) is 25.2 Å². The maximum Gasteiger partial charge on any atom is 0.227 e. The predicted octanol–water partition coefficient (Wildman–Crippen LogP) is 1.82. The highest BCUT2D eigenvalue weighted by Gasteiger charge is 2.37. The maximum atomic E-state index is 9.49. The molecule has 0 aliphatic heterocycles. The zero-order chi connectivity index (χ0) is 14.2. The molecule has 1 heterocycles. The molecule has 1 aliphatic carbocycles. The second-order valence-corrected chi connectivity index (χ2v) is 5.45. The molecule has 1 aromatic carbocycles. The van der Waals surface area contributed by atoms with Crippen LogP contribution in [-0.2, 0) is 6.42 Å². The van der Waals surface area contributed by atoms with E-state index in [0.717, 1.165) is 12.8 Å². The summed E-state index contributed by atoms with van der Waals surface area (Å²) in [5, 5.41) is 22.7. The van der Waals surface area contributed by atoms with Crippen LogP contribution in [-0.4, -0.2) is 26.9 Å². The zero-order valence-corrected chi connectivity index (χ0v) is 11.0. The Hall–Kier alpha value is -2.08. The molecule has 0 spiro atoms. The van der Waals surface area contributed by atoms with Gasteiger partial charge in [0.05, 0.1) is 0 Å². The van der Waals surface area contributed by atoms with E-state index in [4.69, 9.17) is 10.3 Å². The number of aromatic hydroxyl groups is 2. The minimum atomic E-state index is -0.203. The van der Waals surface area contributed by atoms with Gasteiger partial charge < -0.3 is 20.5 Å². The second-order valence-electron chi connectivity index (χ2n) is 5.45. The normalized spacial score (nSPS) is 16.9. The van der Waals surface area contributed by atoms with E-state index in [-0.39, 0.29) is 16.9 Å². The van der Waals surface area contributed by atoms with E-state index >= 15 is 0 Å². The van der Waals surface area contributed by atoms with Crippen LogP contribution < -0.4 is 5.73 Å². The van der Waals surface area contributed by atoms with Crippen molar-refractivity contribution in [2.24, 2.45) is 11.1 Å². The van der Waals surface area contributed by atoms with Crippen molar-refractivity contribution >= 4 is 0 Å². The predicted molar refractivity (Wildman–Crippen MR) is 72.1 cm³/mol. The summed E-state index contributed by atoms with van der Waals surface area (Å²) in [7, 11) is 0. The Labute approximate surface area is 116 Å². The number of nitrogens with zero attached hydrogens (tertiary/aromatic N) is 2. The van der Waals surface area contributed by atoms with Crippen molar-refractivity contribution in [1.29, 1.82) is 0 Å². The van der Waals surface area contributed by atoms with Crippen LogP contribution in [0.5, 0.6) is 11.5 Å². The maximum absolute atomic E-state index is 9.49. The summed E-state index contributed by atoms with van der Waals surface area (Å²) >= 11 is 0. The van der Waals surface area contributed by atoms with Crippen molar-refractivity contribution in [2.45, 2.75) is 25.7 Å². The molecule has 3 rings (SSSR count). The van der Waals surface area contributed by atoms with Crippen LogP contribution in [0.15, 0.2) is 22.7 Å². The third-order valence-corrected chi connectivity index (χ3v) is 4.08. The van der Waals surface area contributed by atoms with Crippen molar-refractivity contribution in [3.8, 4) is 22.9 Å². The summed E-state index contributed by atoms with van der Waals surface area (Å²) in [5.74, 6) is 0.597. The molecule has 0 bridgehead atoms. The van der Waals surface area contributed by atoms with Crippen LogP contribution in [0.2, 0.25) is 0 Å². The Morgan fingerprint density at radius 1 is 1.25 bits per heavy atom. The van der Waals surface area contributed by atoms with Gasteiger partial charge >= 0.3 is 0 Å². The van der Waals surface area contributed by atoms with Gasteiger partial charge in [0.25, 0.3) is 0 Å². The lowest BCUT2D eigenvalue weighted by Crippen LogP contribution is -2.39. The smallest absolute Gasteiger partial charge is 0.227 e. The third kappa shape index (κ3) is 2.22. The molecule has 6 heteroatoms. The lowest BCUT2D eigenvalue weighted by Gasteiger charge is -2.39. The Morgan fingerprint density at radius 3 is 2.65 bits per heavy atom.